The Morgan fingerprint density at radius 3 is 2.09 bits per heavy atom. The van der Waals surface area contributed by atoms with Crippen molar-refractivity contribution in [3.8, 4) is 0 Å². The molecule has 1 aromatic carbocycles. The molecule has 1 aliphatic rings. The number of carbonyl (C=O) groups excluding carboxylic acids is 2. The molecule has 0 aromatic heterocycles. The number of carbonyl (C=O) groups is 2. The monoisotopic (exact) mass is 304 g/mol. The fourth-order valence-corrected chi connectivity index (χ4v) is 2.44. The standard InChI is InChI=1S/C17H24N2O3/c1-11(2)18-15(21)12-4-6-13(7-5-12)16(22)19-17(3,10-20)14-8-9-14/h4-7,11,14,20H,8-10H2,1-3H3,(H,18,21)(H,19,22). The predicted octanol–water partition coefficient (Wildman–Crippen LogP) is 1.72. The minimum atomic E-state index is -0.565. The first-order valence-corrected chi connectivity index (χ1v) is 7.70. The smallest absolute Gasteiger partial charge is 0.251 e. The van der Waals surface area contributed by atoms with E-state index in [9.17, 15) is 14.7 Å². The highest BCUT2D eigenvalue weighted by Crippen LogP contribution is 2.39. The molecule has 1 atom stereocenters. The van der Waals surface area contributed by atoms with Crippen molar-refractivity contribution < 1.29 is 14.7 Å². The van der Waals surface area contributed by atoms with Crippen LogP contribution in [0.15, 0.2) is 24.3 Å². The molecule has 2 rings (SSSR count). The number of rotatable bonds is 6. The van der Waals surface area contributed by atoms with E-state index in [4.69, 9.17) is 0 Å². The summed E-state index contributed by atoms with van der Waals surface area (Å²) >= 11 is 0. The summed E-state index contributed by atoms with van der Waals surface area (Å²) in [6.07, 6.45) is 2.07. The Morgan fingerprint density at radius 2 is 1.68 bits per heavy atom. The third-order valence-electron chi connectivity index (χ3n) is 4.03. The Bertz CT molecular complexity index is 550. The molecule has 3 N–H and O–H groups in total. The van der Waals surface area contributed by atoms with Crippen molar-refractivity contribution in [2.24, 2.45) is 5.92 Å². The van der Waals surface area contributed by atoms with Crippen molar-refractivity contribution in [1.82, 2.24) is 10.6 Å². The Morgan fingerprint density at radius 1 is 1.18 bits per heavy atom. The van der Waals surface area contributed by atoms with E-state index in [1.54, 1.807) is 24.3 Å². The first-order valence-electron chi connectivity index (χ1n) is 7.70. The van der Waals surface area contributed by atoms with Crippen molar-refractivity contribution >= 4 is 11.8 Å². The van der Waals surface area contributed by atoms with Crippen LogP contribution in [0.25, 0.3) is 0 Å². The molecule has 1 unspecified atom stereocenters. The molecule has 1 saturated carbocycles. The number of amides is 2. The zero-order valence-electron chi connectivity index (χ0n) is 13.3. The van der Waals surface area contributed by atoms with Gasteiger partial charge in [-0.1, -0.05) is 0 Å². The van der Waals surface area contributed by atoms with E-state index in [1.165, 1.54) is 0 Å². The lowest BCUT2D eigenvalue weighted by atomic mass is 9.96. The summed E-state index contributed by atoms with van der Waals surface area (Å²) in [6, 6.07) is 6.62. The van der Waals surface area contributed by atoms with Crippen LogP contribution >= 0.6 is 0 Å². The minimum absolute atomic E-state index is 0.0688. The van der Waals surface area contributed by atoms with Gasteiger partial charge in [-0.2, -0.15) is 0 Å². The first-order chi connectivity index (χ1) is 10.4. The summed E-state index contributed by atoms with van der Waals surface area (Å²) in [5.41, 5.74) is 0.448. The number of hydrogen-bond acceptors (Lipinski definition) is 3. The van der Waals surface area contributed by atoms with Gasteiger partial charge in [0, 0.05) is 17.2 Å². The summed E-state index contributed by atoms with van der Waals surface area (Å²) in [5, 5.41) is 15.2. The van der Waals surface area contributed by atoms with E-state index in [2.05, 4.69) is 10.6 Å². The summed E-state index contributed by atoms with van der Waals surface area (Å²) in [6.45, 7) is 5.59. The zero-order valence-corrected chi connectivity index (χ0v) is 13.3. The lowest BCUT2D eigenvalue weighted by Gasteiger charge is -2.28. The van der Waals surface area contributed by atoms with Crippen LogP contribution in [0, 0.1) is 5.92 Å². The first kappa shape index (κ1) is 16.5. The van der Waals surface area contributed by atoms with Crippen molar-refractivity contribution in [2.45, 2.75) is 45.2 Å². The van der Waals surface area contributed by atoms with E-state index in [0.717, 1.165) is 12.8 Å². The summed E-state index contributed by atoms with van der Waals surface area (Å²) in [4.78, 5) is 24.2. The molecule has 1 aliphatic carbocycles. The number of aliphatic hydroxyl groups is 1. The molecular weight excluding hydrogens is 280 g/mol. The van der Waals surface area contributed by atoms with Crippen LogP contribution in [-0.4, -0.2) is 35.1 Å². The third kappa shape index (κ3) is 3.85. The molecular formula is C17H24N2O3. The normalized spacial score (nSPS) is 17.0. The predicted molar refractivity (Wildman–Crippen MR) is 84.7 cm³/mol. The van der Waals surface area contributed by atoms with Gasteiger partial charge in [0.15, 0.2) is 0 Å². The Balaban J connectivity index is 2.03. The zero-order chi connectivity index (χ0) is 16.3. The van der Waals surface area contributed by atoms with Crippen LogP contribution in [0.1, 0.15) is 54.3 Å². The molecule has 0 aliphatic heterocycles. The number of nitrogens with one attached hydrogen (secondary N) is 2. The molecule has 2 amide bonds. The molecule has 22 heavy (non-hydrogen) atoms. The van der Waals surface area contributed by atoms with E-state index in [0.29, 0.717) is 17.0 Å². The number of hydrogen-bond donors (Lipinski definition) is 3. The van der Waals surface area contributed by atoms with Gasteiger partial charge in [-0.05, 0) is 63.8 Å². The molecule has 0 bridgehead atoms. The molecule has 120 valence electrons. The van der Waals surface area contributed by atoms with Crippen LogP contribution in [0.3, 0.4) is 0 Å². The van der Waals surface area contributed by atoms with Gasteiger partial charge in [0.1, 0.15) is 0 Å². The second-order valence-electron chi connectivity index (χ2n) is 6.51. The maximum absolute atomic E-state index is 12.3. The van der Waals surface area contributed by atoms with Gasteiger partial charge >= 0.3 is 0 Å². The van der Waals surface area contributed by atoms with Crippen LogP contribution in [0.5, 0.6) is 0 Å². The largest absolute Gasteiger partial charge is 0.394 e. The average molecular weight is 304 g/mol. The Hall–Kier alpha value is -1.88. The van der Waals surface area contributed by atoms with Crippen LogP contribution in [-0.2, 0) is 0 Å². The van der Waals surface area contributed by atoms with Crippen LogP contribution in [0.2, 0.25) is 0 Å². The molecule has 0 spiro atoms. The maximum Gasteiger partial charge on any atom is 0.251 e. The van der Waals surface area contributed by atoms with E-state index in [1.807, 2.05) is 20.8 Å². The Kier molecular flexibility index (Phi) is 4.86. The summed E-state index contributed by atoms with van der Waals surface area (Å²) < 4.78 is 0. The molecule has 1 aromatic rings. The quantitative estimate of drug-likeness (QED) is 0.749. The molecule has 0 radical (unpaired) electrons. The summed E-state index contributed by atoms with van der Waals surface area (Å²) in [7, 11) is 0. The van der Waals surface area contributed by atoms with Gasteiger partial charge in [0.05, 0.1) is 12.1 Å². The van der Waals surface area contributed by atoms with Crippen molar-refractivity contribution in [2.75, 3.05) is 6.61 Å². The second kappa shape index (κ2) is 6.48. The highest BCUT2D eigenvalue weighted by Gasteiger charge is 2.42. The highest BCUT2D eigenvalue weighted by atomic mass is 16.3. The lowest BCUT2D eigenvalue weighted by Crippen LogP contribution is -2.50. The molecule has 5 nitrogen and oxygen atoms in total. The average Bonchev–Trinajstić information content (AvgIpc) is 3.31. The van der Waals surface area contributed by atoms with Crippen LogP contribution in [0.4, 0.5) is 0 Å². The SMILES string of the molecule is CC(C)NC(=O)c1ccc(C(=O)NC(C)(CO)C2CC2)cc1. The summed E-state index contributed by atoms with van der Waals surface area (Å²) in [5.74, 6) is -0.0306. The highest BCUT2D eigenvalue weighted by molar-refractivity contribution is 5.98. The van der Waals surface area contributed by atoms with E-state index in [-0.39, 0.29) is 24.5 Å². The second-order valence-corrected chi connectivity index (χ2v) is 6.51. The van der Waals surface area contributed by atoms with Gasteiger partial charge in [-0.3, -0.25) is 9.59 Å². The molecule has 0 saturated heterocycles. The van der Waals surface area contributed by atoms with E-state index >= 15 is 0 Å². The van der Waals surface area contributed by atoms with Gasteiger partial charge in [0.25, 0.3) is 11.8 Å². The van der Waals surface area contributed by atoms with Crippen molar-refractivity contribution in [3.05, 3.63) is 35.4 Å². The number of aliphatic hydroxyl groups excluding tert-OH is 1. The molecule has 1 fully saturated rings. The topological polar surface area (TPSA) is 78.4 Å². The van der Waals surface area contributed by atoms with Crippen molar-refractivity contribution in [3.63, 3.8) is 0 Å². The van der Waals surface area contributed by atoms with Gasteiger partial charge < -0.3 is 15.7 Å². The van der Waals surface area contributed by atoms with E-state index < -0.39 is 5.54 Å². The number of benzene rings is 1. The third-order valence-corrected chi connectivity index (χ3v) is 4.03. The fourth-order valence-electron chi connectivity index (χ4n) is 2.44. The van der Waals surface area contributed by atoms with Gasteiger partial charge in [0.2, 0.25) is 0 Å². The van der Waals surface area contributed by atoms with Crippen LogP contribution < -0.4 is 10.6 Å². The van der Waals surface area contributed by atoms with Gasteiger partial charge in [-0.25, -0.2) is 0 Å². The van der Waals surface area contributed by atoms with Crippen molar-refractivity contribution in [1.29, 1.82) is 0 Å². The van der Waals surface area contributed by atoms with Gasteiger partial charge in [-0.15, -0.1) is 0 Å². The fraction of sp³-hybridized carbons (Fsp3) is 0.529. The molecule has 5 heteroatoms. The lowest BCUT2D eigenvalue weighted by molar-refractivity contribution is 0.0823. The molecule has 0 heterocycles. The Labute approximate surface area is 131 Å². The maximum atomic E-state index is 12.3. The minimum Gasteiger partial charge on any atom is -0.394 e.